The van der Waals surface area contributed by atoms with Gasteiger partial charge in [-0.2, -0.15) is 0 Å². The Kier molecular flexibility index (Phi) is 3.85. The molecule has 0 radical (unpaired) electrons. The molecule has 0 atom stereocenters. The van der Waals surface area contributed by atoms with Crippen molar-refractivity contribution in [1.29, 1.82) is 0 Å². The van der Waals surface area contributed by atoms with Gasteiger partial charge < -0.3 is 15.4 Å². The average molecular weight is 292 g/mol. The van der Waals surface area contributed by atoms with Crippen molar-refractivity contribution in [2.24, 2.45) is 5.41 Å². The summed E-state index contributed by atoms with van der Waals surface area (Å²) in [7, 11) is 1.50. The monoisotopic (exact) mass is 292 g/mol. The lowest BCUT2D eigenvalue weighted by atomic mass is 9.60. The Bertz CT molecular complexity index is 533. The van der Waals surface area contributed by atoms with Gasteiger partial charge in [-0.3, -0.25) is 4.79 Å². The maximum absolute atomic E-state index is 13.8. The molecular weight excluding hydrogens is 271 g/mol. The van der Waals surface area contributed by atoms with E-state index in [9.17, 15) is 9.18 Å². The van der Waals surface area contributed by atoms with Crippen LogP contribution in [0.1, 0.15) is 36.0 Å². The second-order valence-corrected chi connectivity index (χ2v) is 6.17. The molecule has 2 aliphatic rings. The number of carbonyl (C=O) groups is 1. The fourth-order valence-corrected chi connectivity index (χ4v) is 3.52. The molecule has 1 amide bonds. The topological polar surface area (TPSA) is 50.4 Å². The van der Waals surface area contributed by atoms with Gasteiger partial charge in [0.25, 0.3) is 5.91 Å². The second kappa shape index (κ2) is 5.64. The summed E-state index contributed by atoms with van der Waals surface area (Å²) in [5.41, 5.74) is 0.455. The summed E-state index contributed by atoms with van der Waals surface area (Å²) in [6, 6.07) is 4.40. The maximum Gasteiger partial charge on any atom is 0.254 e. The van der Waals surface area contributed by atoms with Crippen LogP contribution in [0.25, 0.3) is 0 Å². The Balaban J connectivity index is 1.60. The zero-order valence-electron chi connectivity index (χ0n) is 12.2. The molecule has 1 heterocycles. The molecule has 1 saturated heterocycles. The standard InChI is InChI=1S/C16H21FN2O2/c1-21-12-2-3-14(17)13(8-12)15(20)19-11-9-16(10-11)4-6-18-7-5-16/h2-3,8,11,18H,4-7,9-10H2,1H3,(H,19,20). The minimum atomic E-state index is -0.510. The first-order chi connectivity index (χ1) is 10.1. The molecule has 0 unspecified atom stereocenters. The third kappa shape index (κ3) is 2.88. The summed E-state index contributed by atoms with van der Waals surface area (Å²) in [6.45, 7) is 2.12. The number of piperidine rings is 1. The van der Waals surface area contributed by atoms with E-state index in [1.54, 1.807) is 0 Å². The van der Waals surface area contributed by atoms with Crippen LogP contribution in [0.2, 0.25) is 0 Å². The number of methoxy groups -OCH3 is 1. The maximum atomic E-state index is 13.8. The van der Waals surface area contributed by atoms with E-state index in [4.69, 9.17) is 4.74 Å². The van der Waals surface area contributed by atoms with Crippen LogP contribution in [0.4, 0.5) is 4.39 Å². The third-order valence-electron chi connectivity index (χ3n) is 4.78. The molecule has 2 fully saturated rings. The van der Waals surface area contributed by atoms with Gasteiger partial charge in [0.05, 0.1) is 12.7 Å². The van der Waals surface area contributed by atoms with Crippen LogP contribution in [-0.4, -0.2) is 32.1 Å². The molecule has 1 aromatic carbocycles. The summed E-state index contributed by atoms with van der Waals surface area (Å²) in [4.78, 5) is 12.2. The highest BCUT2D eigenvalue weighted by molar-refractivity contribution is 5.95. The van der Waals surface area contributed by atoms with Gasteiger partial charge in [-0.05, 0) is 62.4 Å². The lowest BCUT2D eigenvalue weighted by Crippen LogP contribution is -2.54. The Hall–Kier alpha value is -1.62. The largest absolute Gasteiger partial charge is 0.497 e. The Morgan fingerprint density at radius 1 is 1.38 bits per heavy atom. The van der Waals surface area contributed by atoms with Gasteiger partial charge in [-0.15, -0.1) is 0 Å². The first kappa shape index (κ1) is 14.3. The number of ether oxygens (including phenoxy) is 1. The van der Waals surface area contributed by atoms with Crippen LogP contribution in [0, 0.1) is 11.2 Å². The summed E-state index contributed by atoms with van der Waals surface area (Å²) in [5.74, 6) is -0.366. The molecule has 1 saturated carbocycles. The minimum Gasteiger partial charge on any atom is -0.497 e. The molecule has 1 spiro atoms. The SMILES string of the molecule is COc1ccc(F)c(C(=O)NC2CC3(CCNCC3)C2)c1. The Morgan fingerprint density at radius 3 is 2.76 bits per heavy atom. The van der Waals surface area contributed by atoms with Gasteiger partial charge in [-0.1, -0.05) is 0 Å². The highest BCUT2D eigenvalue weighted by Crippen LogP contribution is 2.47. The van der Waals surface area contributed by atoms with Gasteiger partial charge in [0.1, 0.15) is 11.6 Å². The zero-order valence-corrected chi connectivity index (χ0v) is 12.2. The number of rotatable bonds is 3. The molecule has 1 aromatic rings. The predicted molar refractivity (Wildman–Crippen MR) is 78.0 cm³/mol. The molecule has 1 aliphatic carbocycles. The first-order valence-electron chi connectivity index (χ1n) is 7.47. The zero-order chi connectivity index (χ0) is 14.9. The van der Waals surface area contributed by atoms with Crippen molar-refractivity contribution in [1.82, 2.24) is 10.6 Å². The van der Waals surface area contributed by atoms with E-state index in [0.717, 1.165) is 25.9 Å². The summed E-state index contributed by atoms with van der Waals surface area (Å²) in [5, 5.41) is 6.30. The van der Waals surface area contributed by atoms with Gasteiger partial charge in [-0.25, -0.2) is 4.39 Å². The Morgan fingerprint density at radius 2 is 2.10 bits per heavy atom. The molecule has 1 aliphatic heterocycles. The van der Waals surface area contributed by atoms with Crippen molar-refractivity contribution in [3.63, 3.8) is 0 Å². The number of nitrogens with one attached hydrogen (secondary N) is 2. The highest BCUT2D eigenvalue weighted by atomic mass is 19.1. The lowest BCUT2D eigenvalue weighted by molar-refractivity contribution is 0.0422. The molecule has 0 aromatic heterocycles. The van der Waals surface area contributed by atoms with Crippen LogP contribution in [0.5, 0.6) is 5.75 Å². The molecule has 3 rings (SSSR count). The molecule has 4 nitrogen and oxygen atoms in total. The van der Waals surface area contributed by atoms with Crippen molar-refractivity contribution in [2.45, 2.75) is 31.7 Å². The van der Waals surface area contributed by atoms with E-state index in [-0.39, 0.29) is 17.5 Å². The number of benzene rings is 1. The normalized spacial score (nSPS) is 20.9. The number of halogens is 1. The third-order valence-corrected chi connectivity index (χ3v) is 4.78. The fourth-order valence-electron chi connectivity index (χ4n) is 3.52. The molecule has 5 heteroatoms. The van der Waals surface area contributed by atoms with Gasteiger partial charge >= 0.3 is 0 Å². The van der Waals surface area contributed by atoms with Crippen molar-refractivity contribution < 1.29 is 13.9 Å². The minimum absolute atomic E-state index is 0.0561. The van der Waals surface area contributed by atoms with E-state index < -0.39 is 5.82 Å². The number of amides is 1. The Labute approximate surface area is 124 Å². The second-order valence-electron chi connectivity index (χ2n) is 6.17. The van der Waals surface area contributed by atoms with E-state index in [2.05, 4.69) is 10.6 Å². The summed E-state index contributed by atoms with van der Waals surface area (Å²) in [6.07, 6.45) is 4.36. The predicted octanol–water partition coefficient (Wildman–Crippen LogP) is 2.10. The quantitative estimate of drug-likeness (QED) is 0.897. The number of hydrogen-bond donors (Lipinski definition) is 2. The number of carbonyl (C=O) groups excluding carboxylic acids is 1. The number of hydrogen-bond acceptors (Lipinski definition) is 3. The van der Waals surface area contributed by atoms with Crippen molar-refractivity contribution in [2.75, 3.05) is 20.2 Å². The first-order valence-corrected chi connectivity index (χ1v) is 7.47. The smallest absolute Gasteiger partial charge is 0.254 e. The molecule has 21 heavy (non-hydrogen) atoms. The van der Waals surface area contributed by atoms with Crippen LogP contribution < -0.4 is 15.4 Å². The van der Waals surface area contributed by atoms with Crippen LogP contribution in [0.15, 0.2) is 18.2 Å². The van der Waals surface area contributed by atoms with E-state index in [1.165, 1.54) is 38.2 Å². The van der Waals surface area contributed by atoms with Crippen molar-refractivity contribution in [3.8, 4) is 5.75 Å². The average Bonchev–Trinajstić information content (AvgIpc) is 2.47. The fraction of sp³-hybridized carbons (Fsp3) is 0.562. The molecular formula is C16H21FN2O2. The van der Waals surface area contributed by atoms with Gasteiger partial charge in [0.15, 0.2) is 0 Å². The van der Waals surface area contributed by atoms with Gasteiger partial charge in [0.2, 0.25) is 0 Å². The van der Waals surface area contributed by atoms with Crippen LogP contribution >= 0.6 is 0 Å². The van der Waals surface area contributed by atoms with Crippen molar-refractivity contribution in [3.05, 3.63) is 29.6 Å². The van der Waals surface area contributed by atoms with E-state index in [1.807, 2.05) is 0 Å². The van der Waals surface area contributed by atoms with Crippen molar-refractivity contribution >= 4 is 5.91 Å². The van der Waals surface area contributed by atoms with Gasteiger partial charge in [0, 0.05) is 6.04 Å². The highest BCUT2D eigenvalue weighted by Gasteiger charge is 2.45. The van der Waals surface area contributed by atoms with Crippen LogP contribution in [0.3, 0.4) is 0 Å². The summed E-state index contributed by atoms with van der Waals surface area (Å²) < 4.78 is 18.8. The molecule has 0 bridgehead atoms. The summed E-state index contributed by atoms with van der Waals surface area (Å²) >= 11 is 0. The molecule has 2 N–H and O–H groups in total. The lowest BCUT2D eigenvalue weighted by Gasteiger charge is -2.50. The van der Waals surface area contributed by atoms with Crippen LogP contribution in [-0.2, 0) is 0 Å². The van der Waals surface area contributed by atoms with E-state index in [0.29, 0.717) is 11.2 Å². The molecule has 114 valence electrons. The van der Waals surface area contributed by atoms with E-state index >= 15 is 0 Å².